The van der Waals surface area contributed by atoms with Gasteiger partial charge in [-0.25, -0.2) is 14.8 Å². The molecule has 0 saturated heterocycles. The van der Waals surface area contributed by atoms with E-state index in [1.54, 1.807) is 10.8 Å². The zero-order chi connectivity index (χ0) is 33.0. The number of carboxylic acids is 5. The van der Waals surface area contributed by atoms with Crippen molar-refractivity contribution in [1.82, 2.24) is 34.6 Å². The lowest BCUT2D eigenvalue weighted by Crippen LogP contribution is -2.45. The minimum Gasteiger partial charge on any atom is -0.481 e. The monoisotopic (exact) mass is 623 g/mol. The highest BCUT2D eigenvalue weighted by Gasteiger charge is 2.33. The van der Waals surface area contributed by atoms with Crippen molar-refractivity contribution in [2.24, 2.45) is 11.8 Å². The Morgan fingerprint density at radius 3 is 1.66 bits per heavy atom. The van der Waals surface area contributed by atoms with Crippen molar-refractivity contribution in [1.29, 1.82) is 0 Å². The summed E-state index contributed by atoms with van der Waals surface area (Å²) in [6.07, 6.45) is 4.78. The lowest BCUT2D eigenvalue weighted by atomic mass is 10.00. The van der Waals surface area contributed by atoms with E-state index in [1.165, 1.54) is 23.2 Å². The largest absolute Gasteiger partial charge is 0.481 e. The number of rotatable bonds is 20. The van der Waals surface area contributed by atoms with E-state index < -0.39 is 66.0 Å². The van der Waals surface area contributed by atoms with Gasteiger partial charge in [-0.2, -0.15) is 0 Å². The molecule has 0 radical (unpaired) electrons. The molecule has 0 bridgehead atoms. The van der Waals surface area contributed by atoms with Gasteiger partial charge in [-0.05, 0) is 13.0 Å². The Balaban J connectivity index is 1.99. The molecule has 19 heteroatoms. The second-order valence-corrected chi connectivity index (χ2v) is 9.54. The predicted molar refractivity (Wildman–Crippen MR) is 144 cm³/mol. The number of aromatic nitrogens is 4. The average Bonchev–Trinajstić information content (AvgIpc) is 3.56. The average molecular weight is 624 g/mol. The molecular weight excluding hydrogens is 590 g/mol. The van der Waals surface area contributed by atoms with Gasteiger partial charge < -0.3 is 45.3 Å². The Bertz CT molecular complexity index is 1340. The first kappa shape index (κ1) is 34.9. The molecule has 0 aliphatic rings. The molecule has 7 N–H and O–H groups in total. The zero-order valence-corrected chi connectivity index (χ0v) is 23.5. The van der Waals surface area contributed by atoms with Crippen molar-refractivity contribution >= 4 is 41.7 Å². The SMILES string of the molecule is CCN(Cc1nccn1CC(=O)NCCC(C(=O)O)C(=O)O)Cc1nccn1CC(=O)NC(CC(C(=O)O)C(=O)O)C(=O)O. The summed E-state index contributed by atoms with van der Waals surface area (Å²) in [5, 5.41) is 49.9. The molecular formula is C25H33N7O12. The van der Waals surface area contributed by atoms with E-state index in [9.17, 15) is 38.7 Å². The summed E-state index contributed by atoms with van der Waals surface area (Å²) in [5.74, 6) is -12.1. The van der Waals surface area contributed by atoms with Crippen LogP contribution in [0.4, 0.5) is 0 Å². The number of nitrogens with zero attached hydrogens (tertiary/aromatic N) is 5. The van der Waals surface area contributed by atoms with Gasteiger partial charge in [0.2, 0.25) is 11.8 Å². The van der Waals surface area contributed by atoms with Gasteiger partial charge in [0.25, 0.3) is 0 Å². The summed E-state index contributed by atoms with van der Waals surface area (Å²) in [4.78, 5) is 91.1. The Hall–Kier alpha value is -5.33. The molecule has 0 spiro atoms. The molecule has 19 nitrogen and oxygen atoms in total. The van der Waals surface area contributed by atoms with Gasteiger partial charge in [-0.1, -0.05) is 6.92 Å². The maximum atomic E-state index is 12.6. The number of imidazole rings is 2. The van der Waals surface area contributed by atoms with Crippen molar-refractivity contribution in [3.63, 3.8) is 0 Å². The number of carboxylic acid groups (broad SMARTS) is 5. The second kappa shape index (κ2) is 16.3. The third-order valence-corrected chi connectivity index (χ3v) is 6.46. The predicted octanol–water partition coefficient (Wildman–Crippen LogP) is -1.86. The maximum Gasteiger partial charge on any atom is 0.326 e. The fourth-order valence-electron chi connectivity index (χ4n) is 4.03. The number of hydrogen-bond donors (Lipinski definition) is 7. The van der Waals surface area contributed by atoms with Crippen LogP contribution in [-0.2, 0) is 59.7 Å². The van der Waals surface area contributed by atoms with E-state index in [-0.39, 0.29) is 39.1 Å². The minimum absolute atomic E-state index is 0.156. The number of nitrogens with one attached hydrogen (secondary N) is 2. The van der Waals surface area contributed by atoms with Crippen LogP contribution in [0.2, 0.25) is 0 Å². The summed E-state index contributed by atoms with van der Waals surface area (Å²) in [6, 6.07) is -1.76. The van der Waals surface area contributed by atoms with Gasteiger partial charge in [0.05, 0.1) is 13.1 Å². The lowest BCUT2D eigenvalue weighted by molar-refractivity contribution is -0.157. The van der Waals surface area contributed by atoms with Gasteiger partial charge in [-0.15, -0.1) is 0 Å². The quantitative estimate of drug-likeness (QED) is 0.0796. The number of carbonyl (C=O) groups excluding carboxylic acids is 2. The third-order valence-electron chi connectivity index (χ3n) is 6.46. The molecule has 0 aromatic carbocycles. The highest BCUT2D eigenvalue weighted by Crippen LogP contribution is 2.11. The second-order valence-electron chi connectivity index (χ2n) is 9.54. The highest BCUT2D eigenvalue weighted by atomic mass is 16.4. The first-order valence-electron chi connectivity index (χ1n) is 13.2. The molecule has 0 fully saturated rings. The molecule has 2 heterocycles. The van der Waals surface area contributed by atoms with Crippen LogP contribution < -0.4 is 10.6 Å². The molecule has 44 heavy (non-hydrogen) atoms. The van der Waals surface area contributed by atoms with E-state index in [0.717, 1.165) is 0 Å². The molecule has 2 aromatic rings. The fourth-order valence-corrected chi connectivity index (χ4v) is 4.03. The normalized spacial score (nSPS) is 11.8. The number of amides is 2. The van der Waals surface area contributed by atoms with Crippen molar-refractivity contribution in [2.75, 3.05) is 13.1 Å². The minimum atomic E-state index is -2.03. The van der Waals surface area contributed by atoms with Crippen LogP contribution in [0.15, 0.2) is 24.8 Å². The summed E-state index contributed by atoms with van der Waals surface area (Å²) in [6.45, 7) is 2.06. The molecule has 1 unspecified atom stereocenters. The molecule has 2 aromatic heterocycles. The van der Waals surface area contributed by atoms with Crippen molar-refractivity contribution < 1.29 is 59.1 Å². The Kier molecular flexibility index (Phi) is 13.0. The van der Waals surface area contributed by atoms with Gasteiger partial charge in [0, 0.05) is 37.8 Å². The Labute approximate surface area is 249 Å². The standard InChI is InChI=1S/C25H33N7O12/c1-2-30(10-17-26-5-7-31(17)12-19(33)28-4-3-14(21(35)36)22(37)38)11-18-27-6-8-32(18)13-20(34)29-16(25(43)44)9-15(23(39)40)24(41)42/h5-8,14-16H,2-4,9-13H2,1H3,(H,28,33)(H,29,34)(H,35,36)(H,37,38)(H,39,40)(H,41,42)(H,43,44). The van der Waals surface area contributed by atoms with Crippen LogP contribution in [0.25, 0.3) is 0 Å². The van der Waals surface area contributed by atoms with Crippen LogP contribution >= 0.6 is 0 Å². The topological polar surface area (TPSA) is 284 Å². The van der Waals surface area contributed by atoms with E-state index in [4.69, 9.17) is 20.4 Å². The summed E-state index contributed by atoms with van der Waals surface area (Å²) in [7, 11) is 0. The molecule has 1 atom stereocenters. The molecule has 0 aliphatic heterocycles. The van der Waals surface area contributed by atoms with Crippen LogP contribution in [0.1, 0.15) is 31.4 Å². The highest BCUT2D eigenvalue weighted by molar-refractivity contribution is 5.94. The zero-order valence-electron chi connectivity index (χ0n) is 23.5. The van der Waals surface area contributed by atoms with Crippen LogP contribution in [0, 0.1) is 11.8 Å². The smallest absolute Gasteiger partial charge is 0.326 e. The lowest BCUT2D eigenvalue weighted by Gasteiger charge is -2.21. The number of hydrogen-bond acceptors (Lipinski definition) is 10. The van der Waals surface area contributed by atoms with Gasteiger partial charge in [0.15, 0.2) is 11.8 Å². The summed E-state index contributed by atoms with van der Waals surface area (Å²) in [5.41, 5.74) is 0. The Morgan fingerprint density at radius 2 is 1.23 bits per heavy atom. The van der Waals surface area contributed by atoms with E-state index in [2.05, 4.69) is 20.6 Å². The maximum absolute atomic E-state index is 12.6. The molecule has 0 saturated carbocycles. The molecule has 2 amide bonds. The molecule has 0 aliphatic carbocycles. The van der Waals surface area contributed by atoms with Crippen LogP contribution in [-0.4, -0.2) is 110 Å². The first-order chi connectivity index (χ1) is 20.7. The third kappa shape index (κ3) is 10.5. The first-order valence-corrected chi connectivity index (χ1v) is 13.2. The summed E-state index contributed by atoms with van der Waals surface area (Å²) >= 11 is 0. The van der Waals surface area contributed by atoms with Crippen LogP contribution in [0.3, 0.4) is 0 Å². The van der Waals surface area contributed by atoms with E-state index >= 15 is 0 Å². The van der Waals surface area contributed by atoms with Gasteiger partial charge in [-0.3, -0.25) is 33.7 Å². The number of aliphatic carboxylic acids is 5. The van der Waals surface area contributed by atoms with Gasteiger partial charge in [0.1, 0.15) is 30.8 Å². The Morgan fingerprint density at radius 1 is 0.750 bits per heavy atom. The van der Waals surface area contributed by atoms with E-state index in [1.807, 2.05) is 11.8 Å². The van der Waals surface area contributed by atoms with Crippen molar-refractivity contribution in [2.45, 2.75) is 52.0 Å². The van der Waals surface area contributed by atoms with E-state index in [0.29, 0.717) is 18.2 Å². The fraction of sp³-hybridized carbons (Fsp3) is 0.480. The van der Waals surface area contributed by atoms with Crippen LogP contribution in [0.5, 0.6) is 0 Å². The summed E-state index contributed by atoms with van der Waals surface area (Å²) < 4.78 is 2.99. The van der Waals surface area contributed by atoms with Crippen molar-refractivity contribution in [3.05, 3.63) is 36.4 Å². The number of carbonyl (C=O) groups is 7. The molecule has 240 valence electrons. The van der Waals surface area contributed by atoms with Gasteiger partial charge >= 0.3 is 29.8 Å². The van der Waals surface area contributed by atoms with Crippen molar-refractivity contribution in [3.8, 4) is 0 Å². The molecule has 2 rings (SSSR count).